The Bertz CT molecular complexity index is 1160. The van der Waals surface area contributed by atoms with Crippen LogP contribution in [0.1, 0.15) is 30.8 Å². The second-order valence-electron chi connectivity index (χ2n) is 7.45. The lowest BCUT2D eigenvalue weighted by Crippen LogP contribution is -2.35. The molecule has 1 N–H and O–H groups in total. The molecule has 0 spiro atoms. The maximum Gasteiger partial charge on any atom is 0.283 e. The molecule has 0 unspecified atom stereocenters. The molecule has 7 nitrogen and oxygen atoms in total. The maximum atomic E-state index is 12.7. The number of nitrogens with one attached hydrogen (secondary N) is 1. The van der Waals surface area contributed by atoms with Crippen LogP contribution in [0.3, 0.4) is 0 Å². The summed E-state index contributed by atoms with van der Waals surface area (Å²) in [5, 5.41) is 15.8. The van der Waals surface area contributed by atoms with E-state index in [1.807, 2.05) is 58.0 Å². The number of para-hydroxylation sites is 2. The van der Waals surface area contributed by atoms with E-state index in [2.05, 4.69) is 14.7 Å². The van der Waals surface area contributed by atoms with Gasteiger partial charge in [-0.05, 0) is 55.4 Å². The number of aryl methyl sites for hydroxylation is 1. The number of hydrogen-bond acceptors (Lipinski definition) is 5. The highest BCUT2D eigenvalue weighted by atomic mass is 32.2. The van der Waals surface area contributed by atoms with Gasteiger partial charge >= 0.3 is 0 Å². The first-order valence-corrected chi connectivity index (χ1v) is 10.5. The van der Waals surface area contributed by atoms with E-state index in [0.29, 0.717) is 5.17 Å². The molecule has 154 valence electrons. The van der Waals surface area contributed by atoms with Gasteiger partial charge in [-0.25, -0.2) is 0 Å². The quantitative estimate of drug-likeness (QED) is 0.743. The molecular weight excluding hydrogens is 398 g/mol. The largest absolute Gasteiger partial charge is 0.495 e. The molecule has 30 heavy (non-hydrogen) atoms. The van der Waals surface area contributed by atoms with Gasteiger partial charge in [0.05, 0.1) is 18.4 Å². The molecule has 0 aliphatic carbocycles. The fourth-order valence-corrected chi connectivity index (χ4v) is 4.41. The molecule has 2 aliphatic heterocycles. The highest BCUT2D eigenvalue weighted by Crippen LogP contribution is 2.32. The molecule has 1 amide bonds. The van der Waals surface area contributed by atoms with Gasteiger partial charge in [0, 0.05) is 17.3 Å². The topological polar surface area (TPSA) is 83.0 Å². The maximum absolute atomic E-state index is 12.7. The molecule has 0 atom stereocenters. The fraction of sp³-hybridized carbons (Fsp3) is 0.273. The third kappa shape index (κ3) is 3.27. The number of hydrogen-bond donors (Lipinski definition) is 1. The lowest BCUT2D eigenvalue weighted by atomic mass is 10.1. The first kappa shape index (κ1) is 20.2. The van der Waals surface area contributed by atoms with Crippen molar-refractivity contribution in [2.75, 3.05) is 7.11 Å². The van der Waals surface area contributed by atoms with Crippen molar-refractivity contribution in [1.82, 2.24) is 9.58 Å². The minimum atomic E-state index is -0.416. The zero-order valence-corrected chi connectivity index (χ0v) is 18.4. The summed E-state index contributed by atoms with van der Waals surface area (Å²) in [5.74, 6) is 0.605. The Hall–Kier alpha value is -3.13. The van der Waals surface area contributed by atoms with Gasteiger partial charge in [0.15, 0.2) is 5.84 Å². The number of thioether (sulfide) groups is 1. The third-order valence-corrected chi connectivity index (χ3v) is 6.27. The number of amides is 1. The average Bonchev–Trinajstić information content (AvgIpc) is 3.26. The predicted octanol–water partition coefficient (Wildman–Crippen LogP) is 4.38. The van der Waals surface area contributed by atoms with Crippen LogP contribution in [0.15, 0.2) is 46.0 Å². The third-order valence-electron chi connectivity index (χ3n) is 5.06. The Kier molecular flexibility index (Phi) is 5.11. The Morgan fingerprint density at radius 1 is 1.23 bits per heavy atom. The monoisotopic (exact) mass is 421 g/mol. The SMILES string of the molecule is COc1ccccc1-n1c(C)cc(/C=C2/C(=N)N3N=C(C(C)C)SC3=NC2=O)c1C. The van der Waals surface area contributed by atoms with Crippen molar-refractivity contribution in [3.05, 3.63) is 52.9 Å². The van der Waals surface area contributed by atoms with E-state index in [1.54, 1.807) is 13.2 Å². The molecule has 8 heteroatoms. The molecule has 3 heterocycles. The molecule has 1 aromatic carbocycles. The number of aromatic nitrogens is 1. The van der Waals surface area contributed by atoms with Crippen molar-refractivity contribution in [3.63, 3.8) is 0 Å². The van der Waals surface area contributed by atoms with Crippen molar-refractivity contribution in [1.29, 1.82) is 5.41 Å². The molecule has 2 aliphatic rings. The van der Waals surface area contributed by atoms with Crippen LogP contribution in [0, 0.1) is 25.2 Å². The van der Waals surface area contributed by atoms with Gasteiger partial charge in [0.25, 0.3) is 5.91 Å². The highest BCUT2D eigenvalue weighted by Gasteiger charge is 2.36. The number of nitrogens with zero attached hydrogens (tertiary/aromatic N) is 4. The zero-order valence-electron chi connectivity index (χ0n) is 17.6. The second-order valence-corrected chi connectivity index (χ2v) is 8.43. The molecule has 0 saturated carbocycles. The van der Waals surface area contributed by atoms with Gasteiger partial charge < -0.3 is 9.30 Å². The standard InChI is InChI=1S/C22H23N5O2S/c1-12(2)21-25-27-19(23)16(20(28)24-22(27)30-21)11-15-10-13(3)26(14(15)4)17-8-6-7-9-18(17)29-5/h6-12,23H,1-5H3/b16-11-,23-19?. The van der Waals surface area contributed by atoms with Crippen molar-refractivity contribution < 1.29 is 9.53 Å². The number of carbonyl (C=O) groups excluding carboxylic acids is 1. The first-order chi connectivity index (χ1) is 14.3. The molecule has 0 fully saturated rings. The number of methoxy groups -OCH3 is 1. The summed E-state index contributed by atoms with van der Waals surface area (Å²) in [4.78, 5) is 16.9. The Balaban J connectivity index is 1.76. The van der Waals surface area contributed by atoms with E-state index < -0.39 is 5.91 Å². The van der Waals surface area contributed by atoms with Crippen molar-refractivity contribution >= 4 is 39.8 Å². The molecule has 0 saturated heterocycles. The van der Waals surface area contributed by atoms with Crippen molar-refractivity contribution in [3.8, 4) is 11.4 Å². The molecule has 0 radical (unpaired) electrons. The lowest BCUT2D eigenvalue weighted by Gasteiger charge is -2.20. The Morgan fingerprint density at radius 3 is 2.67 bits per heavy atom. The second kappa shape index (κ2) is 7.60. The van der Waals surface area contributed by atoms with Crippen molar-refractivity contribution in [2.24, 2.45) is 16.0 Å². The van der Waals surface area contributed by atoms with Crippen LogP contribution in [0.4, 0.5) is 0 Å². The normalized spacial score (nSPS) is 17.5. The van der Waals surface area contributed by atoms with E-state index in [1.165, 1.54) is 16.8 Å². The minimum absolute atomic E-state index is 0.0512. The number of aliphatic imine (C=N–C) groups is 1. The lowest BCUT2D eigenvalue weighted by molar-refractivity contribution is -0.114. The van der Waals surface area contributed by atoms with Gasteiger partial charge in [0.1, 0.15) is 10.8 Å². The molecule has 0 bridgehead atoms. The summed E-state index contributed by atoms with van der Waals surface area (Å²) in [6.07, 6.45) is 1.73. The Labute approximate surface area is 179 Å². The molecular formula is C22H23N5O2S. The molecule has 4 rings (SSSR count). The smallest absolute Gasteiger partial charge is 0.283 e. The zero-order chi connectivity index (χ0) is 21.6. The van der Waals surface area contributed by atoms with E-state index in [-0.39, 0.29) is 17.3 Å². The van der Waals surface area contributed by atoms with E-state index >= 15 is 0 Å². The van der Waals surface area contributed by atoms with Gasteiger partial charge in [-0.1, -0.05) is 26.0 Å². The predicted molar refractivity (Wildman–Crippen MR) is 122 cm³/mol. The van der Waals surface area contributed by atoms with Crippen LogP contribution in [-0.4, -0.2) is 38.6 Å². The number of benzene rings is 1. The summed E-state index contributed by atoms with van der Waals surface area (Å²) >= 11 is 1.35. The summed E-state index contributed by atoms with van der Waals surface area (Å²) < 4.78 is 7.59. The van der Waals surface area contributed by atoms with Gasteiger partial charge in [0.2, 0.25) is 5.17 Å². The molecule has 2 aromatic rings. The van der Waals surface area contributed by atoms with Crippen LogP contribution < -0.4 is 4.74 Å². The van der Waals surface area contributed by atoms with Crippen molar-refractivity contribution in [2.45, 2.75) is 27.7 Å². The average molecular weight is 422 g/mol. The molecule has 1 aromatic heterocycles. The Morgan fingerprint density at radius 2 is 1.97 bits per heavy atom. The first-order valence-electron chi connectivity index (χ1n) is 9.64. The van der Waals surface area contributed by atoms with Crippen LogP contribution in [0.2, 0.25) is 0 Å². The number of rotatable bonds is 4. The summed E-state index contributed by atoms with van der Waals surface area (Å²) in [6, 6.07) is 9.79. The minimum Gasteiger partial charge on any atom is -0.495 e. The fourth-order valence-electron chi connectivity index (χ4n) is 3.51. The number of ether oxygens (including phenoxy) is 1. The highest BCUT2D eigenvalue weighted by molar-refractivity contribution is 8.27. The van der Waals surface area contributed by atoms with E-state index in [0.717, 1.165) is 33.4 Å². The van der Waals surface area contributed by atoms with Gasteiger partial charge in [-0.3, -0.25) is 10.2 Å². The van der Waals surface area contributed by atoms with Gasteiger partial charge in [-0.2, -0.15) is 15.1 Å². The van der Waals surface area contributed by atoms with E-state index in [9.17, 15) is 4.79 Å². The van der Waals surface area contributed by atoms with E-state index in [4.69, 9.17) is 10.1 Å². The van der Waals surface area contributed by atoms with Gasteiger partial charge in [-0.15, -0.1) is 0 Å². The summed E-state index contributed by atoms with van der Waals surface area (Å²) in [6.45, 7) is 8.04. The summed E-state index contributed by atoms with van der Waals surface area (Å²) in [7, 11) is 1.65. The summed E-state index contributed by atoms with van der Waals surface area (Å²) in [5.41, 5.74) is 3.95. The number of carbonyl (C=O) groups is 1. The number of fused-ring (bicyclic) bond motifs is 1. The van der Waals surface area contributed by atoms with Crippen LogP contribution in [0.25, 0.3) is 11.8 Å². The van der Waals surface area contributed by atoms with Crippen LogP contribution in [-0.2, 0) is 4.79 Å². The number of amidine groups is 2. The van der Waals surface area contributed by atoms with Crippen LogP contribution >= 0.6 is 11.8 Å². The van der Waals surface area contributed by atoms with Crippen LogP contribution in [0.5, 0.6) is 5.75 Å². The number of hydrazone groups is 1.